The molecule has 1 aliphatic carbocycles. The third-order valence-corrected chi connectivity index (χ3v) is 5.13. The lowest BCUT2D eigenvalue weighted by Crippen LogP contribution is -2.39. The summed E-state index contributed by atoms with van der Waals surface area (Å²) in [5, 5.41) is 4.40. The van der Waals surface area contributed by atoms with Gasteiger partial charge in [0, 0.05) is 18.8 Å². The van der Waals surface area contributed by atoms with E-state index in [1.807, 2.05) is 35.2 Å². The molecule has 0 aliphatic heterocycles. The van der Waals surface area contributed by atoms with Gasteiger partial charge in [0.25, 0.3) is 5.91 Å². The molecule has 1 atom stereocenters. The first-order valence-electron chi connectivity index (χ1n) is 9.28. The van der Waals surface area contributed by atoms with Crippen LogP contribution in [0.2, 0.25) is 0 Å². The molecule has 0 radical (unpaired) electrons. The lowest BCUT2D eigenvalue weighted by atomic mass is 10.1. The number of halogens is 1. The molecule has 0 N–H and O–H groups in total. The topological polar surface area (TPSA) is 38.1 Å². The molecule has 1 fully saturated rings. The molecule has 27 heavy (non-hydrogen) atoms. The molecule has 138 valence electrons. The van der Waals surface area contributed by atoms with Crippen molar-refractivity contribution in [3.63, 3.8) is 0 Å². The minimum atomic E-state index is -0.330. The summed E-state index contributed by atoms with van der Waals surface area (Å²) in [6, 6.07) is 18.0. The Morgan fingerprint density at radius 2 is 1.96 bits per heavy atom. The van der Waals surface area contributed by atoms with Crippen LogP contribution in [-0.2, 0) is 6.54 Å². The molecule has 1 saturated carbocycles. The van der Waals surface area contributed by atoms with E-state index in [-0.39, 0.29) is 17.8 Å². The molecule has 1 amide bonds. The number of aromatic nitrogens is 2. The highest BCUT2D eigenvalue weighted by atomic mass is 19.1. The zero-order valence-electron chi connectivity index (χ0n) is 15.3. The van der Waals surface area contributed by atoms with Crippen molar-refractivity contribution in [2.24, 2.45) is 5.92 Å². The lowest BCUT2D eigenvalue weighted by Gasteiger charge is -2.29. The van der Waals surface area contributed by atoms with Gasteiger partial charge in [0.1, 0.15) is 5.82 Å². The average Bonchev–Trinajstić information content (AvgIpc) is 3.42. The Balaban J connectivity index is 1.59. The van der Waals surface area contributed by atoms with Gasteiger partial charge in [-0.25, -0.2) is 9.07 Å². The van der Waals surface area contributed by atoms with Gasteiger partial charge in [-0.2, -0.15) is 5.10 Å². The molecule has 0 bridgehead atoms. The minimum absolute atomic E-state index is 0.0894. The highest BCUT2D eigenvalue weighted by Gasteiger charge is 2.35. The number of amides is 1. The van der Waals surface area contributed by atoms with E-state index < -0.39 is 0 Å². The first kappa shape index (κ1) is 17.5. The normalized spacial score (nSPS) is 14.7. The molecule has 1 aliphatic rings. The zero-order chi connectivity index (χ0) is 18.8. The van der Waals surface area contributed by atoms with E-state index >= 15 is 0 Å². The Labute approximate surface area is 158 Å². The van der Waals surface area contributed by atoms with Crippen LogP contribution in [0.5, 0.6) is 0 Å². The summed E-state index contributed by atoms with van der Waals surface area (Å²) < 4.78 is 15.0. The van der Waals surface area contributed by atoms with Gasteiger partial charge in [0.2, 0.25) is 0 Å². The zero-order valence-corrected chi connectivity index (χ0v) is 15.3. The fraction of sp³-hybridized carbons (Fsp3) is 0.273. The number of nitrogens with zero attached hydrogens (tertiary/aromatic N) is 3. The van der Waals surface area contributed by atoms with Gasteiger partial charge in [-0.05, 0) is 55.5 Å². The van der Waals surface area contributed by atoms with Gasteiger partial charge in [-0.15, -0.1) is 0 Å². The van der Waals surface area contributed by atoms with Crippen LogP contribution in [0.1, 0.15) is 35.8 Å². The molecule has 2 aromatic carbocycles. The predicted octanol–water partition coefficient (Wildman–Crippen LogP) is 4.45. The molecule has 0 saturated heterocycles. The Morgan fingerprint density at radius 3 is 2.67 bits per heavy atom. The van der Waals surface area contributed by atoms with Crippen LogP contribution in [0.3, 0.4) is 0 Å². The third kappa shape index (κ3) is 3.92. The van der Waals surface area contributed by atoms with Gasteiger partial charge in [0.15, 0.2) is 5.69 Å². The van der Waals surface area contributed by atoms with Gasteiger partial charge in [-0.3, -0.25) is 4.79 Å². The van der Waals surface area contributed by atoms with E-state index in [0.717, 1.165) is 18.4 Å². The van der Waals surface area contributed by atoms with Crippen molar-refractivity contribution in [2.75, 3.05) is 0 Å². The highest BCUT2D eigenvalue weighted by molar-refractivity contribution is 5.92. The number of hydrogen-bond acceptors (Lipinski definition) is 2. The maximum Gasteiger partial charge on any atom is 0.274 e. The molecule has 4 nitrogen and oxygen atoms in total. The molecule has 3 aromatic rings. The van der Waals surface area contributed by atoms with E-state index in [2.05, 4.69) is 12.0 Å². The second kappa shape index (κ2) is 7.35. The van der Waals surface area contributed by atoms with Crippen LogP contribution in [0, 0.1) is 11.7 Å². The summed E-state index contributed by atoms with van der Waals surface area (Å²) in [6.07, 6.45) is 4.03. The van der Waals surface area contributed by atoms with Crippen molar-refractivity contribution in [2.45, 2.75) is 32.4 Å². The first-order chi connectivity index (χ1) is 13.1. The predicted molar refractivity (Wildman–Crippen MR) is 102 cm³/mol. The first-order valence-corrected chi connectivity index (χ1v) is 9.28. The van der Waals surface area contributed by atoms with Crippen LogP contribution in [0.15, 0.2) is 66.9 Å². The van der Waals surface area contributed by atoms with Gasteiger partial charge in [-0.1, -0.05) is 36.4 Å². The Hall–Kier alpha value is -2.95. The Bertz CT molecular complexity index is 933. The summed E-state index contributed by atoms with van der Waals surface area (Å²) in [4.78, 5) is 15.1. The molecule has 1 aromatic heterocycles. The summed E-state index contributed by atoms with van der Waals surface area (Å²) in [5.41, 5.74) is 2.07. The van der Waals surface area contributed by atoms with Crippen molar-refractivity contribution in [3.05, 3.63) is 83.9 Å². The fourth-order valence-electron chi connectivity index (χ4n) is 3.36. The maximum absolute atomic E-state index is 13.5. The van der Waals surface area contributed by atoms with E-state index in [1.165, 1.54) is 12.1 Å². The Morgan fingerprint density at radius 1 is 1.19 bits per heavy atom. The van der Waals surface area contributed by atoms with Gasteiger partial charge in [0.05, 0.1) is 5.69 Å². The summed E-state index contributed by atoms with van der Waals surface area (Å²) in [5.74, 6) is 0.139. The van der Waals surface area contributed by atoms with Crippen molar-refractivity contribution in [1.29, 1.82) is 0 Å². The number of hydrogen-bond donors (Lipinski definition) is 0. The van der Waals surface area contributed by atoms with Crippen LogP contribution in [0.4, 0.5) is 4.39 Å². The monoisotopic (exact) mass is 363 g/mol. The van der Waals surface area contributed by atoms with Crippen molar-refractivity contribution in [3.8, 4) is 5.69 Å². The average molecular weight is 363 g/mol. The number of carbonyl (C=O) groups is 1. The van der Waals surface area contributed by atoms with E-state index in [9.17, 15) is 9.18 Å². The third-order valence-electron chi connectivity index (χ3n) is 5.13. The highest BCUT2D eigenvalue weighted by Crippen LogP contribution is 2.36. The van der Waals surface area contributed by atoms with Crippen LogP contribution in [-0.4, -0.2) is 26.6 Å². The molecule has 5 heteroatoms. The maximum atomic E-state index is 13.5. The summed E-state index contributed by atoms with van der Waals surface area (Å²) in [6.45, 7) is 2.67. The van der Waals surface area contributed by atoms with Gasteiger partial charge < -0.3 is 4.90 Å². The molecule has 4 rings (SSSR count). The SMILES string of the molecule is CC(C1CC1)N(Cc1ccccc1)C(=O)c1ccn(-c2cccc(F)c2)n1. The molecular weight excluding hydrogens is 341 g/mol. The molecular formula is C22H22FN3O. The molecule has 0 spiro atoms. The second-order valence-corrected chi connectivity index (χ2v) is 7.12. The summed E-state index contributed by atoms with van der Waals surface area (Å²) >= 11 is 0. The van der Waals surface area contributed by atoms with Crippen molar-refractivity contribution in [1.82, 2.24) is 14.7 Å². The smallest absolute Gasteiger partial charge is 0.274 e. The number of carbonyl (C=O) groups excluding carboxylic acids is 1. The van der Waals surface area contributed by atoms with E-state index in [0.29, 0.717) is 23.8 Å². The number of benzene rings is 2. The largest absolute Gasteiger partial charge is 0.330 e. The van der Waals surface area contributed by atoms with Crippen LogP contribution < -0.4 is 0 Å². The summed E-state index contributed by atoms with van der Waals surface area (Å²) in [7, 11) is 0. The van der Waals surface area contributed by atoms with Crippen molar-refractivity contribution < 1.29 is 9.18 Å². The van der Waals surface area contributed by atoms with Crippen molar-refractivity contribution >= 4 is 5.91 Å². The second-order valence-electron chi connectivity index (χ2n) is 7.12. The standard InChI is InChI=1S/C22H22FN3O/c1-16(18-10-11-18)25(15-17-6-3-2-4-7-17)22(27)21-12-13-26(24-21)20-9-5-8-19(23)14-20/h2-9,12-14,16,18H,10-11,15H2,1H3. The Kier molecular flexibility index (Phi) is 4.75. The van der Waals surface area contributed by atoms with E-state index in [4.69, 9.17) is 0 Å². The minimum Gasteiger partial charge on any atom is -0.330 e. The van der Waals surface area contributed by atoms with Crippen LogP contribution >= 0.6 is 0 Å². The van der Waals surface area contributed by atoms with Crippen LogP contribution in [0.25, 0.3) is 5.69 Å². The molecule has 1 heterocycles. The number of rotatable bonds is 6. The lowest BCUT2D eigenvalue weighted by molar-refractivity contribution is 0.0647. The fourth-order valence-corrected chi connectivity index (χ4v) is 3.36. The molecule has 1 unspecified atom stereocenters. The quantitative estimate of drug-likeness (QED) is 0.649. The van der Waals surface area contributed by atoms with E-state index in [1.54, 1.807) is 29.1 Å². The van der Waals surface area contributed by atoms with Gasteiger partial charge >= 0.3 is 0 Å².